The van der Waals surface area contributed by atoms with E-state index >= 15 is 0 Å². The van der Waals surface area contributed by atoms with Crippen molar-refractivity contribution in [2.24, 2.45) is 5.92 Å². The molecule has 1 saturated carbocycles. The Morgan fingerprint density at radius 3 is 2.37 bits per heavy atom. The van der Waals surface area contributed by atoms with Crippen LogP contribution < -0.4 is 4.90 Å². The van der Waals surface area contributed by atoms with E-state index in [-0.39, 0.29) is 17.6 Å². The number of phenols is 1. The molecule has 0 radical (unpaired) electrons. The lowest BCUT2D eigenvalue weighted by Gasteiger charge is -2.32. The van der Waals surface area contributed by atoms with E-state index in [9.17, 15) is 15.0 Å². The Hall–Kier alpha value is -4.80. The number of anilines is 1. The van der Waals surface area contributed by atoms with Crippen molar-refractivity contribution in [1.29, 1.82) is 0 Å². The third-order valence-electron chi connectivity index (χ3n) is 9.93. The predicted octanol–water partition coefficient (Wildman–Crippen LogP) is 6.76. The number of carboxylic acids is 1. The number of carbonyl (C=O) groups is 1. The number of nitrogens with zero attached hydrogens (tertiary/aromatic N) is 6. The normalized spacial score (nSPS) is 19.9. The van der Waals surface area contributed by atoms with E-state index in [1.807, 2.05) is 56.7 Å². The fraction of sp³-hybridized carbons (Fsp3) is 0.429. The molecule has 0 amide bonds. The molecule has 2 fully saturated rings. The number of rotatable bonds is 8. The molecule has 1 unspecified atom stereocenters. The molecule has 1 aromatic carbocycles. The highest BCUT2D eigenvalue weighted by molar-refractivity contribution is 5.84. The molecule has 11 heteroatoms. The van der Waals surface area contributed by atoms with Gasteiger partial charge in [0.15, 0.2) is 11.4 Å². The molecule has 1 aliphatic heterocycles. The number of piperidine rings is 1. The van der Waals surface area contributed by atoms with Gasteiger partial charge in [0.1, 0.15) is 11.7 Å². The zero-order valence-electron chi connectivity index (χ0n) is 26.1. The third-order valence-corrected chi connectivity index (χ3v) is 9.93. The highest BCUT2D eigenvalue weighted by Crippen LogP contribution is 2.41. The largest absolute Gasteiger partial charge is 0.507 e. The fourth-order valence-corrected chi connectivity index (χ4v) is 7.30. The summed E-state index contributed by atoms with van der Waals surface area (Å²) >= 11 is 0. The average Bonchev–Trinajstić information content (AvgIpc) is 3.73. The average molecular weight is 622 g/mol. The summed E-state index contributed by atoms with van der Waals surface area (Å²) < 4.78 is 5.49. The number of benzene rings is 1. The van der Waals surface area contributed by atoms with Crippen LogP contribution in [0.5, 0.6) is 5.75 Å². The first-order valence-electron chi connectivity index (χ1n) is 16.2. The Bertz CT molecular complexity index is 1820. The molecule has 46 heavy (non-hydrogen) atoms. The van der Waals surface area contributed by atoms with Gasteiger partial charge in [-0.15, -0.1) is 10.2 Å². The molecule has 0 spiro atoms. The molecule has 4 aromatic heterocycles. The summed E-state index contributed by atoms with van der Waals surface area (Å²) in [6.45, 7) is 5.51. The van der Waals surface area contributed by atoms with Gasteiger partial charge in [0.25, 0.3) is 0 Å². The van der Waals surface area contributed by atoms with Gasteiger partial charge in [-0.3, -0.25) is 4.79 Å². The molecule has 1 atom stereocenters. The van der Waals surface area contributed by atoms with Crippen LogP contribution in [-0.2, 0) is 4.79 Å². The van der Waals surface area contributed by atoms with Crippen LogP contribution in [0.25, 0.3) is 22.3 Å². The standard InChI is InChI=1S/C35H39N7O4/c1-20(2)32(34(44)45)31-16-28(41-46-31)23-9-7-21(8-10-23)24-17-37-35(38-18-24)42-13-11-22(12-14-42)27-19-36-33-26(27)15-29(39-40-33)25-5-3-4-6-30(25)43/h3-6,15-23,32,43H,7-14H2,1-2H3,(H,36,40)(H,44,45). The first-order chi connectivity index (χ1) is 22.4. The number of H-pyrrole nitrogens is 1. The Morgan fingerprint density at radius 2 is 1.67 bits per heavy atom. The lowest BCUT2D eigenvalue weighted by Crippen LogP contribution is -2.34. The number of para-hydroxylation sites is 1. The van der Waals surface area contributed by atoms with Gasteiger partial charge in [0.05, 0.1) is 11.4 Å². The van der Waals surface area contributed by atoms with E-state index in [0.29, 0.717) is 28.9 Å². The second-order valence-corrected chi connectivity index (χ2v) is 13.1. The molecule has 2 aliphatic rings. The first kappa shape index (κ1) is 29.9. The number of hydrogen-bond acceptors (Lipinski definition) is 9. The van der Waals surface area contributed by atoms with Gasteiger partial charge in [0.2, 0.25) is 5.95 Å². The van der Waals surface area contributed by atoms with Gasteiger partial charge in [-0.1, -0.05) is 31.1 Å². The van der Waals surface area contributed by atoms with E-state index in [1.165, 1.54) is 11.1 Å². The van der Waals surface area contributed by atoms with E-state index in [4.69, 9.17) is 14.5 Å². The van der Waals surface area contributed by atoms with Gasteiger partial charge >= 0.3 is 5.97 Å². The van der Waals surface area contributed by atoms with Crippen molar-refractivity contribution in [2.45, 2.75) is 76.0 Å². The molecule has 7 rings (SSSR count). The molecule has 5 heterocycles. The Balaban J connectivity index is 0.953. The zero-order valence-corrected chi connectivity index (χ0v) is 26.1. The third kappa shape index (κ3) is 5.81. The molecule has 5 aromatic rings. The van der Waals surface area contributed by atoms with Crippen LogP contribution >= 0.6 is 0 Å². The van der Waals surface area contributed by atoms with Crippen molar-refractivity contribution in [2.75, 3.05) is 18.0 Å². The minimum atomic E-state index is -0.876. The maximum Gasteiger partial charge on any atom is 0.314 e. The lowest BCUT2D eigenvalue weighted by atomic mass is 9.78. The molecule has 0 bridgehead atoms. The van der Waals surface area contributed by atoms with Crippen LogP contribution in [0.1, 0.15) is 98.6 Å². The number of hydrogen-bond donors (Lipinski definition) is 3. The fourth-order valence-electron chi connectivity index (χ4n) is 7.30. The summed E-state index contributed by atoms with van der Waals surface area (Å²) in [6, 6.07) is 11.1. The Labute approximate surface area is 267 Å². The summed E-state index contributed by atoms with van der Waals surface area (Å²) in [4.78, 5) is 26.8. The first-order valence-corrected chi connectivity index (χ1v) is 16.2. The highest BCUT2D eigenvalue weighted by atomic mass is 16.5. The number of carboxylic acid groups (broad SMARTS) is 1. The number of aromatic hydroxyl groups is 1. The number of nitrogens with one attached hydrogen (secondary N) is 1. The predicted molar refractivity (Wildman–Crippen MR) is 173 cm³/mol. The van der Waals surface area contributed by atoms with Crippen molar-refractivity contribution in [1.82, 2.24) is 30.3 Å². The molecule has 1 aliphatic carbocycles. The summed E-state index contributed by atoms with van der Waals surface area (Å²) in [7, 11) is 0. The number of aromatic amines is 1. The number of phenolic OH excluding ortho intramolecular Hbond substituents is 1. The van der Waals surface area contributed by atoms with E-state index in [1.54, 1.807) is 12.1 Å². The lowest BCUT2D eigenvalue weighted by molar-refractivity contribution is -0.140. The monoisotopic (exact) mass is 621 g/mol. The summed E-state index contributed by atoms with van der Waals surface area (Å²) in [5, 5.41) is 33.9. The maximum absolute atomic E-state index is 11.7. The topological polar surface area (TPSA) is 154 Å². The van der Waals surface area contributed by atoms with Gasteiger partial charge in [-0.2, -0.15) is 0 Å². The second-order valence-electron chi connectivity index (χ2n) is 13.1. The smallest absolute Gasteiger partial charge is 0.314 e. The highest BCUT2D eigenvalue weighted by Gasteiger charge is 2.31. The van der Waals surface area contributed by atoms with E-state index in [2.05, 4.69) is 25.2 Å². The minimum absolute atomic E-state index is 0.0659. The van der Waals surface area contributed by atoms with Crippen LogP contribution in [0, 0.1) is 5.92 Å². The summed E-state index contributed by atoms with van der Waals surface area (Å²) in [5.41, 5.74) is 5.36. The summed E-state index contributed by atoms with van der Waals surface area (Å²) in [6.07, 6.45) is 11.9. The molecule has 238 valence electrons. The molecule has 3 N–H and O–H groups in total. The van der Waals surface area contributed by atoms with Gasteiger partial charge < -0.3 is 24.6 Å². The quantitative estimate of drug-likeness (QED) is 0.169. The van der Waals surface area contributed by atoms with Crippen molar-refractivity contribution in [3.8, 4) is 17.0 Å². The van der Waals surface area contributed by atoms with Gasteiger partial charge in [-0.25, -0.2) is 9.97 Å². The van der Waals surface area contributed by atoms with Crippen LogP contribution in [0.4, 0.5) is 5.95 Å². The van der Waals surface area contributed by atoms with Crippen LogP contribution in [0.2, 0.25) is 0 Å². The Kier molecular flexibility index (Phi) is 8.14. The zero-order chi connectivity index (χ0) is 31.8. The van der Waals surface area contributed by atoms with E-state index < -0.39 is 11.9 Å². The molecule has 1 saturated heterocycles. The Morgan fingerprint density at radius 1 is 0.957 bits per heavy atom. The van der Waals surface area contributed by atoms with Gasteiger partial charge in [0, 0.05) is 54.6 Å². The van der Waals surface area contributed by atoms with Crippen molar-refractivity contribution in [3.05, 3.63) is 77.6 Å². The minimum Gasteiger partial charge on any atom is -0.507 e. The van der Waals surface area contributed by atoms with Crippen LogP contribution in [0.15, 0.2) is 59.5 Å². The molecular formula is C35H39N7O4. The molecular weight excluding hydrogens is 582 g/mol. The van der Waals surface area contributed by atoms with Crippen molar-refractivity contribution < 1.29 is 19.5 Å². The van der Waals surface area contributed by atoms with Crippen LogP contribution in [0.3, 0.4) is 0 Å². The number of fused-ring (bicyclic) bond motifs is 1. The summed E-state index contributed by atoms with van der Waals surface area (Å²) in [5.74, 6) is 0.851. The molecule has 11 nitrogen and oxygen atoms in total. The van der Waals surface area contributed by atoms with Gasteiger partial charge in [-0.05, 0) is 85.6 Å². The SMILES string of the molecule is CC(C)C(C(=O)O)c1cc(C2CCC(c3cnc(N4CCC(c5c[nH]c6nnc(-c7ccccc7O)cc56)CC4)nc3)CC2)no1. The number of aromatic nitrogens is 6. The van der Waals surface area contributed by atoms with Crippen molar-refractivity contribution in [3.63, 3.8) is 0 Å². The van der Waals surface area contributed by atoms with E-state index in [0.717, 1.165) is 74.3 Å². The second kappa shape index (κ2) is 12.5. The van der Waals surface area contributed by atoms with Crippen molar-refractivity contribution >= 4 is 23.0 Å². The van der Waals surface area contributed by atoms with Crippen LogP contribution in [-0.4, -0.2) is 59.6 Å². The maximum atomic E-state index is 11.7. The number of aliphatic carboxylic acids is 1.